The lowest BCUT2D eigenvalue weighted by Gasteiger charge is -2.22. The molecule has 112 valence electrons. The summed E-state index contributed by atoms with van der Waals surface area (Å²) in [6.07, 6.45) is 5.33. The van der Waals surface area contributed by atoms with Crippen molar-refractivity contribution in [1.29, 1.82) is 0 Å². The van der Waals surface area contributed by atoms with Crippen molar-refractivity contribution in [3.8, 4) is 0 Å². The Morgan fingerprint density at radius 3 is 2.20 bits per heavy atom. The Kier molecular flexibility index (Phi) is 5.26. The fraction of sp³-hybridized carbons (Fsp3) is 0.684. The van der Waals surface area contributed by atoms with E-state index in [0.717, 1.165) is 17.9 Å². The molecular formula is C19H31N. The van der Waals surface area contributed by atoms with Crippen molar-refractivity contribution in [2.45, 2.75) is 66.3 Å². The lowest BCUT2D eigenvalue weighted by atomic mass is 9.87. The zero-order valence-electron chi connectivity index (χ0n) is 13.9. The van der Waals surface area contributed by atoms with Gasteiger partial charge in [0.15, 0.2) is 0 Å². The first-order valence-electron chi connectivity index (χ1n) is 8.25. The second-order valence-electron chi connectivity index (χ2n) is 7.26. The third-order valence-corrected chi connectivity index (χ3v) is 4.41. The molecule has 0 aliphatic heterocycles. The molecule has 1 aromatic carbocycles. The summed E-state index contributed by atoms with van der Waals surface area (Å²) in [5.74, 6) is 1.56. The van der Waals surface area contributed by atoms with Crippen molar-refractivity contribution in [3.05, 3.63) is 34.4 Å². The van der Waals surface area contributed by atoms with E-state index in [1.165, 1.54) is 48.9 Å². The number of nitrogens with one attached hydrogen (secondary N) is 1. The molecule has 1 saturated carbocycles. The summed E-state index contributed by atoms with van der Waals surface area (Å²) in [6, 6.07) is 5.50. The molecule has 1 fully saturated rings. The van der Waals surface area contributed by atoms with Gasteiger partial charge in [-0.15, -0.1) is 0 Å². The number of hydrogen-bond acceptors (Lipinski definition) is 1. The molecule has 1 N–H and O–H groups in total. The van der Waals surface area contributed by atoms with Crippen molar-refractivity contribution >= 4 is 0 Å². The SMILES string of the molecule is Cc1cc(C)c(CC(CNC2CC2)CC(C)C)c(C)c1. The highest BCUT2D eigenvalue weighted by Crippen LogP contribution is 2.25. The van der Waals surface area contributed by atoms with Gasteiger partial charge in [0, 0.05) is 6.04 Å². The van der Waals surface area contributed by atoms with Crippen molar-refractivity contribution in [1.82, 2.24) is 5.32 Å². The molecule has 20 heavy (non-hydrogen) atoms. The van der Waals surface area contributed by atoms with Gasteiger partial charge in [-0.3, -0.25) is 0 Å². The number of benzene rings is 1. The van der Waals surface area contributed by atoms with Crippen molar-refractivity contribution in [2.24, 2.45) is 11.8 Å². The summed E-state index contributed by atoms with van der Waals surface area (Å²) in [7, 11) is 0. The first kappa shape index (κ1) is 15.6. The normalized spacial score (nSPS) is 16.7. The van der Waals surface area contributed by atoms with Gasteiger partial charge in [-0.05, 0) is 81.5 Å². The Hall–Kier alpha value is -0.820. The topological polar surface area (TPSA) is 12.0 Å². The van der Waals surface area contributed by atoms with E-state index in [1.54, 1.807) is 5.56 Å². The van der Waals surface area contributed by atoms with E-state index in [2.05, 4.69) is 52.1 Å². The van der Waals surface area contributed by atoms with Crippen LogP contribution in [0.2, 0.25) is 0 Å². The minimum Gasteiger partial charge on any atom is -0.314 e. The Morgan fingerprint density at radius 2 is 1.70 bits per heavy atom. The molecule has 0 spiro atoms. The summed E-state index contributed by atoms with van der Waals surface area (Å²) >= 11 is 0. The predicted octanol–water partition coefficient (Wildman–Crippen LogP) is 4.57. The van der Waals surface area contributed by atoms with Crippen molar-refractivity contribution in [3.63, 3.8) is 0 Å². The summed E-state index contributed by atoms with van der Waals surface area (Å²) in [5, 5.41) is 3.73. The Balaban J connectivity index is 2.05. The van der Waals surface area contributed by atoms with E-state index >= 15 is 0 Å². The maximum absolute atomic E-state index is 3.73. The van der Waals surface area contributed by atoms with E-state index in [4.69, 9.17) is 0 Å². The van der Waals surface area contributed by atoms with Gasteiger partial charge in [0.2, 0.25) is 0 Å². The molecule has 0 bridgehead atoms. The van der Waals surface area contributed by atoms with E-state index < -0.39 is 0 Å². The van der Waals surface area contributed by atoms with Gasteiger partial charge >= 0.3 is 0 Å². The largest absolute Gasteiger partial charge is 0.314 e. The van der Waals surface area contributed by atoms with Crippen LogP contribution in [0, 0.1) is 32.6 Å². The highest BCUT2D eigenvalue weighted by Gasteiger charge is 2.22. The molecule has 1 aliphatic rings. The lowest BCUT2D eigenvalue weighted by molar-refractivity contribution is 0.383. The minimum absolute atomic E-state index is 0.774. The first-order valence-corrected chi connectivity index (χ1v) is 8.25. The Morgan fingerprint density at radius 1 is 1.10 bits per heavy atom. The first-order chi connectivity index (χ1) is 9.45. The number of rotatable bonds is 7. The van der Waals surface area contributed by atoms with Gasteiger partial charge in [-0.25, -0.2) is 0 Å². The van der Waals surface area contributed by atoms with Crippen LogP contribution in [0.4, 0.5) is 0 Å². The van der Waals surface area contributed by atoms with Crippen LogP contribution in [0.5, 0.6) is 0 Å². The monoisotopic (exact) mass is 273 g/mol. The molecule has 0 saturated heterocycles. The fourth-order valence-corrected chi connectivity index (χ4v) is 3.35. The van der Waals surface area contributed by atoms with Crippen LogP contribution in [0.1, 0.15) is 55.4 Å². The van der Waals surface area contributed by atoms with Crippen LogP contribution in [-0.4, -0.2) is 12.6 Å². The molecular weight excluding hydrogens is 242 g/mol. The second kappa shape index (κ2) is 6.76. The zero-order valence-corrected chi connectivity index (χ0v) is 13.9. The summed E-state index contributed by atoms with van der Waals surface area (Å²) in [6.45, 7) is 12.6. The van der Waals surface area contributed by atoms with Crippen LogP contribution in [0.25, 0.3) is 0 Å². The molecule has 1 nitrogen and oxygen atoms in total. The molecule has 1 heteroatoms. The number of hydrogen-bond donors (Lipinski definition) is 1. The molecule has 2 rings (SSSR count). The fourth-order valence-electron chi connectivity index (χ4n) is 3.35. The molecule has 0 radical (unpaired) electrons. The van der Waals surface area contributed by atoms with Crippen molar-refractivity contribution < 1.29 is 0 Å². The molecule has 1 unspecified atom stereocenters. The van der Waals surface area contributed by atoms with Gasteiger partial charge in [0.25, 0.3) is 0 Å². The van der Waals surface area contributed by atoms with E-state index in [9.17, 15) is 0 Å². The predicted molar refractivity (Wildman–Crippen MR) is 88.3 cm³/mol. The average Bonchev–Trinajstić information content (AvgIpc) is 3.13. The van der Waals surface area contributed by atoms with Gasteiger partial charge in [0.05, 0.1) is 0 Å². The maximum atomic E-state index is 3.73. The third-order valence-electron chi connectivity index (χ3n) is 4.41. The van der Waals surface area contributed by atoms with Crippen LogP contribution in [-0.2, 0) is 6.42 Å². The summed E-state index contributed by atoms with van der Waals surface area (Å²) in [4.78, 5) is 0. The van der Waals surface area contributed by atoms with E-state index in [-0.39, 0.29) is 0 Å². The molecule has 0 amide bonds. The van der Waals surface area contributed by atoms with Crippen LogP contribution < -0.4 is 5.32 Å². The van der Waals surface area contributed by atoms with Crippen LogP contribution in [0.15, 0.2) is 12.1 Å². The molecule has 0 heterocycles. The zero-order chi connectivity index (χ0) is 14.7. The van der Waals surface area contributed by atoms with Gasteiger partial charge in [-0.1, -0.05) is 31.5 Å². The maximum Gasteiger partial charge on any atom is 0.00683 e. The molecule has 0 aromatic heterocycles. The highest BCUT2D eigenvalue weighted by molar-refractivity contribution is 5.37. The molecule has 1 aromatic rings. The van der Waals surface area contributed by atoms with Gasteiger partial charge in [-0.2, -0.15) is 0 Å². The van der Waals surface area contributed by atoms with Crippen LogP contribution in [0.3, 0.4) is 0 Å². The standard InChI is InChI=1S/C19H31N/c1-13(2)8-17(12-20-18-6-7-18)11-19-15(4)9-14(3)10-16(19)5/h9-10,13,17-18,20H,6-8,11-12H2,1-5H3. The molecule has 1 atom stereocenters. The summed E-state index contributed by atoms with van der Waals surface area (Å²) in [5.41, 5.74) is 5.92. The smallest absolute Gasteiger partial charge is 0.00683 e. The number of aryl methyl sites for hydroxylation is 3. The third kappa shape index (κ3) is 4.63. The van der Waals surface area contributed by atoms with Gasteiger partial charge in [0.1, 0.15) is 0 Å². The Labute approximate surface area is 125 Å². The average molecular weight is 273 g/mol. The Bertz CT molecular complexity index is 420. The van der Waals surface area contributed by atoms with Crippen molar-refractivity contribution in [2.75, 3.05) is 6.54 Å². The summed E-state index contributed by atoms with van der Waals surface area (Å²) < 4.78 is 0. The van der Waals surface area contributed by atoms with E-state index in [1.807, 2.05) is 0 Å². The lowest BCUT2D eigenvalue weighted by Crippen LogP contribution is -2.27. The quantitative estimate of drug-likeness (QED) is 0.767. The minimum atomic E-state index is 0.774. The van der Waals surface area contributed by atoms with Crippen LogP contribution >= 0.6 is 0 Å². The highest BCUT2D eigenvalue weighted by atomic mass is 14.9. The molecule has 1 aliphatic carbocycles. The second-order valence-corrected chi connectivity index (χ2v) is 7.26. The van der Waals surface area contributed by atoms with Gasteiger partial charge < -0.3 is 5.32 Å². The van der Waals surface area contributed by atoms with E-state index in [0.29, 0.717) is 0 Å².